The maximum atomic E-state index is 12.3. The second-order valence-corrected chi connectivity index (χ2v) is 7.05. The van der Waals surface area contributed by atoms with Crippen molar-refractivity contribution in [3.8, 4) is 0 Å². The van der Waals surface area contributed by atoms with E-state index in [4.69, 9.17) is 4.74 Å². The number of hydrogen-bond acceptors (Lipinski definition) is 5. The van der Waals surface area contributed by atoms with Crippen molar-refractivity contribution in [2.45, 2.75) is 25.0 Å². The first kappa shape index (κ1) is 17.3. The number of hydrogen-bond donors (Lipinski definition) is 1. The summed E-state index contributed by atoms with van der Waals surface area (Å²) in [5.41, 5.74) is 0.765. The summed E-state index contributed by atoms with van der Waals surface area (Å²) in [4.78, 5) is 15.6. The summed E-state index contributed by atoms with van der Waals surface area (Å²) < 4.78 is 5.59. The monoisotopic (exact) mass is 345 g/mol. The van der Waals surface area contributed by atoms with E-state index in [2.05, 4.69) is 4.90 Å². The molecule has 0 amide bonds. The number of aliphatic hydroxyl groups is 1. The van der Waals surface area contributed by atoms with Crippen molar-refractivity contribution in [3.05, 3.63) is 58.3 Å². The van der Waals surface area contributed by atoms with E-state index in [1.807, 2.05) is 47.8 Å². The van der Waals surface area contributed by atoms with Gasteiger partial charge in [-0.2, -0.15) is 0 Å². The highest BCUT2D eigenvalue weighted by molar-refractivity contribution is 7.10. The molecule has 1 aromatic carbocycles. The van der Waals surface area contributed by atoms with E-state index in [-0.39, 0.29) is 11.8 Å². The normalized spacial score (nSPS) is 20.0. The highest BCUT2D eigenvalue weighted by atomic mass is 32.1. The first-order valence-corrected chi connectivity index (χ1v) is 9.23. The van der Waals surface area contributed by atoms with Crippen molar-refractivity contribution >= 4 is 17.1 Å². The number of carbonyl (C=O) groups excluding carboxylic acids is 1. The van der Waals surface area contributed by atoms with Crippen LogP contribution in [0.5, 0.6) is 0 Å². The largest absolute Gasteiger partial charge is 0.388 e. The first-order valence-electron chi connectivity index (χ1n) is 8.35. The fraction of sp³-hybridized carbons (Fsp3) is 0.421. The smallest absolute Gasteiger partial charge is 0.164 e. The van der Waals surface area contributed by atoms with Crippen molar-refractivity contribution < 1.29 is 14.6 Å². The number of thiophene rings is 1. The van der Waals surface area contributed by atoms with E-state index in [1.54, 1.807) is 11.3 Å². The second-order valence-electron chi connectivity index (χ2n) is 6.07. The predicted molar refractivity (Wildman–Crippen MR) is 95.5 cm³/mol. The molecule has 0 bridgehead atoms. The van der Waals surface area contributed by atoms with Gasteiger partial charge in [0.05, 0.1) is 19.3 Å². The molecule has 1 aliphatic rings. The summed E-state index contributed by atoms with van der Waals surface area (Å²) in [6.07, 6.45) is 0.666. The van der Waals surface area contributed by atoms with Gasteiger partial charge in [-0.1, -0.05) is 36.4 Å². The van der Waals surface area contributed by atoms with Gasteiger partial charge in [0.25, 0.3) is 0 Å². The highest BCUT2D eigenvalue weighted by Crippen LogP contribution is 2.26. The Bertz CT molecular complexity index is 629. The minimum atomic E-state index is -0.468. The molecular weight excluding hydrogens is 322 g/mol. The Balaban J connectivity index is 1.55. The molecule has 2 atom stereocenters. The lowest BCUT2D eigenvalue weighted by atomic mass is 10.0. The van der Waals surface area contributed by atoms with Crippen molar-refractivity contribution in [1.82, 2.24) is 4.90 Å². The van der Waals surface area contributed by atoms with Gasteiger partial charge >= 0.3 is 0 Å². The van der Waals surface area contributed by atoms with Crippen LogP contribution in [0.1, 0.15) is 34.2 Å². The zero-order chi connectivity index (χ0) is 16.8. The van der Waals surface area contributed by atoms with E-state index in [1.165, 1.54) is 0 Å². The maximum absolute atomic E-state index is 12.3. The van der Waals surface area contributed by atoms with Crippen LogP contribution in [-0.2, 0) is 4.74 Å². The number of morpholine rings is 1. The van der Waals surface area contributed by atoms with Crippen LogP contribution >= 0.6 is 11.3 Å². The summed E-state index contributed by atoms with van der Waals surface area (Å²) in [6, 6.07) is 13.5. The molecule has 3 rings (SSSR count). The third kappa shape index (κ3) is 4.51. The molecule has 2 unspecified atom stereocenters. The van der Waals surface area contributed by atoms with Crippen LogP contribution in [0.15, 0.2) is 47.8 Å². The molecule has 4 nitrogen and oxygen atoms in total. The highest BCUT2D eigenvalue weighted by Gasteiger charge is 2.26. The standard InChI is InChI=1S/C19H23NO3S/c21-17(15-5-2-1-3-6-15)8-9-20-10-11-23-14-16(20)13-18(22)19-7-4-12-24-19/h1-7,12,16,18,22H,8-11,13-14H2. The lowest BCUT2D eigenvalue weighted by Crippen LogP contribution is -2.46. The summed E-state index contributed by atoms with van der Waals surface area (Å²) in [6.45, 7) is 2.82. The summed E-state index contributed by atoms with van der Waals surface area (Å²) in [7, 11) is 0. The number of Topliss-reactive ketones (excluding diaryl/α,β-unsaturated/α-hetero) is 1. The molecule has 0 aliphatic carbocycles. The predicted octanol–water partition coefficient (Wildman–Crippen LogP) is 3.15. The van der Waals surface area contributed by atoms with Crippen LogP contribution in [0.4, 0.5) is 0 Å². The molecule has 2 heterocycles. The Labute approximate surface area is 146 Å². The summed E-state index contributed by atoms with van der Waals surface area (Å²) in [5.74, 6) is 0.166. The SMILES string of the molecule is O=C(CCN1CCOCC1CC(O)c1cccs1)c1ccccc1. The van der Waals surface area contributed by atoms with E-state index in [0.717, 1.165) is 17.0 Å². The van der Waals surface area contributed by atoms with Gasteiger partial charge < -0.3 is 9.84 Å². The Hall–Kier alpha value is -1.53. The zero-order valence-corrected chi connectivity index (χ0v) is 14.5. The number of ether oxygens (including phenoxy) is 1. The van der Waals surface area contributed by atoms with Crippen molar-refractivity contribution in [2.24, 2.45) is 0 Å². The molecule has 0 spiro atoms. The van der Waals surface area contributed by atoms with Gasteiger partial charge in [-0.3, -0.25) is 9.69 Å². The molecular formula is C19H23NO3S. The topological polar surface area (TPSA) is 49.8 Å². The van der Waals surface area contributed by atoms with E-state index < -0.39 is 6.10 Å². The number of carbonyl (C=O) groups is 1. The van der Waals surface area contributed by atoms with Crippen LogP contribution < -0.4 is 0 Å². The molecule has 24 heavy (non-hydrogen) atoms. The lowest BCUT2D eigenvalue weighted by molar-refractivity contribution is -0.0254. The van der Waals surface area contributed by atoms with Crippen LogP contribution in [0.25, 0.3) is 0 Å². The van der Waals surface area contributed by atoms with Gasteiger partial charge in [0, 0.05) is 36.0 Å². The van der Waals surface area contributed by atoms with Crippen molar-refractivity contribution in [1.29, 1.82) is 0 Å². The third-order valence-electron chi connectivity index (χ3n) is 4.44. The molecule has 1 aromatic heterocycles. The first-order chi connectivity index (χ1) is 11.7. The maximum Gasteiger partial charge on any atom is 0.164 e. The average molecular weight is 345 g/mol. The lowest BCUT2D eigenvalue weighted by Gasteiger charge is -2.36. The Morgan fingerprint density at radius 1 is 1.29 bits per heavy atom. The fourth-order valence-electron chi connectivity index (χ4n) is 3.07. The number of benzene rings is 1. The van der Waals surface area contributed by atoms with Gasteiger partial charge in [0.1, 0.15) is 0 Å². The molecule has 1 N–H and O–H groups in total. The Morgan fingerprint density at radius 2 is 2.12 bits per heavy atom. The van der Waals surface area contributed by atoms with Crippen LogP contribution in [0.3, 0.4) is 0 Å². The fourth-order valence-corrected chi connectivity index (χ4v) is 3.79. The Morgan fingerprint density at radius 3 is 2.88 bits per heavy atom. The average Bonchev–Trinajstić information content (AvgIpc) is 3.16. The zero-order valence-electron chi connectivity index (χ0n) is 13.6. The summed E-state index contributed by atoms with van der Waals surface area (Å²) in [5, 5.41) is 12.4. The van der Waals surface area contributed by atoms with Gasteiger partial charge in [-0.15, -0.1) is 11.3 Å². The molecule has 2 aromatic rings. The third-order valence-corrected chi connectivity index (χ3v) is 5.41. The molecule has 1 saturated heterocycles. The van der Waals surface area contributed by atoms with Crippen LogP contribution in [0, 0.1) is 0 Å². The number of rotatable bonds is 7. The van der Waals surface area contributed by atoms with E-state index >= 15 is 0 Å². The van der Waals surface area contributed by atoms with E-state index in [9.17, 15) is 9.90 Å². The van der Waals surface area contributed by atoms with Crippen molar-refractivity contribution in [3.63, 3.8) is 0 Å². The summed E-state index contributed by atoms with van der Waals surface area (Å²) >= 11 is 1.57. The molecule has 1 fully saturated rings. The van der Waals surface area contributed by atoms with Crippen LogP contribution in [0.2, 0.25) is 0 Å². The minimum Gasteiger partial charge on any atom is -0.388 e. The number of nitrogens with zero attached hydrogens (tertiary/aromatic N) is 1. The number of ketones is 1. The quantitative estimate of drug-likeness (QED) is 0.783. The van der Waals surface area contributed by atoms with Gasteiger partial charge in [-0.25, -0.2) is 0 Å². The van der Waals surface area contributed by atoms with Crippen LogP contribution in [-0.4, -0.2) is 48.1 Å². The van der Waals surface area contributed by atoms with Gasteiger partial charge in [-0.05, 0) is 17.9 Å². The van der Waals surface area contributed by atoms with Crippen molar-refractivity contribution in [2.75, 3.05) is 26.3 Å². The minimum absolute atomic E-state index is 0.152. The number of aliphatic hydroxyl groups excluding tert-OH is 1. The Kier molecular flexibility index (Phi) is 6.15. The molecule has 0 radical (unpaired) electrons. The molecule has 0 saturated carbocycles. The second kappa shape index (κ2) is 8.53. The molecule has 5 heteroatoms. The molecule has 1 aliphatic heterocycles. The molecule has 128 valence electrons. The van der Waals surface area contributed by atoms with Gasteiger partial charge in [0.15, 0.2) is 5.78 Å². The van der Waals surface area contributed by atoms with E-state index in [0.29, 0.717) is 32.6 Å². The van der Waals surface area contributed by atoms with Gasteiger partial charge in [0.2, 0.25) is 0 Å².